The van der Waals surface area contributed by atoms with Gasteiger partial charge in [0.05, 0.1) is 28.3 Å². The lowest BCUT2D eigenvalue weighted by Crippen LogP contribution is -2.50. The molecular weight excluding hydrogens is 455 g/mol. The lowest BCUT2D eigenvalue weighted by Gasteiger charge is -2.33. The van der Waals surface area contributed by atoms with Crippen LogP contribution in [0.15, 0.2) is 47.4 Å². The first-order valence-corrected chi connectivity index (χ1v) is 12.4. The number of ether oxygens (including phenoxy) is 1. The Bertz CT molecular complexity index is 1220. The molecule has 0 spiro atoms. The Morgan fingerprint density at radius 2 is 1.97 bits per heavy atom. The van der Waals surface area contributed by atoms with Crippen LogP contribution in [0, 0.1) is 5.82 Å². The first-order valence-electron chi connectivity index (χ1n) is 10.2. The molecule has 0 bridgehead atoms. The van der Waals surface area contributed by atoms with Gasteiger partial charge >= 0.3 is 0 Å². The Morgan fingerprint density at radius 3 is 2.69 bits per heavy atom. The Hall–Kier alpha value is -2.60. The second kappa shape index (κ2) is 9.49. The molecule has 0 radical (unpaired) electrons. The van der Waals surface area contributed by atoms with E-state index in [1.54, 1.807) is 0 Å². The number of anilines is 1. The number of carbonyl (C=O) groups is 1. The van der Waals surface area contributed by atoms with E-state index in [1.807, 2.05) is 30.0 Å². The van der Waals surface area contributed by atoms with Crippen molar-refractivity contribution in [2.75, 3.05) is 44.6 Å². The number of benzene rings is 2. The number of hydrogen-bond donors (Lipinski definition) is 1. The van der Waals surface area contributed by atoms with Crippen molar-refractivity contribution in [3.63, 3.8) is 0 Å². The van der Waals surface area contributed by atoms with Crippen molar-refractivity contribution in [3.05, 3.63) is 48.3 Å². The number of aromatic nitrogens is 1. The van der Waals surface area contributed by atoms with Crippen LogP contribution in [0.5, 0.6) is 5.75 Å². The monoisotopic (exact) mass is 478 g/mol. The zero-order valence-electron chi connectivity index (χ0n) is 17.5. The molecule has 2 aromatic carbocycles. The maximum absolute atomic E-state index is 13.4. The van der Waals surface area contributed by atoms with Gasteiger partial charge in [0.2, 0.25) is 15.9 Å². The van der Waals surface area contributed by atoms with E-state index in [1.165, 1.54) is 33.8 Å². The number of hydrogen-bond acceptors (Lipinski definition) is 7. The maximum Gasteiger partial charge on any atom is 0.243 e. The molecule has 0 unspecified atom stereocenters. The van der Waals surface area contributed by atoms with Gasteiger partial charge < -0.3 is 10.1 Å². The number of amides is 1. The zero-order valence-corrected chi connectivity index (χ0v) is 19.1. The third-order valence-corrected chi connectivity index (χ3v) is 7.88. The Kier molecular flexibility index (Phi) is 6.70. The summed E-state index contributed by atoms with van der Waals surface area (Å²) >= 11 is 1.37. The molecule has 8 nitrogen and oxygen atoms in total. The van der Waals surface area contributed by atoms with Crippen LogP contribution in [-0.2, 0) is 14.8 Å². The molecule has 0 atom stereocenters. The minimum absolute atomic E-state index is 0.0629. The van der Waals surface area contributed by atoms with Crippen molar-refractivity contribution in [1.29, 1.82) is 0 Å². The zero-order chi connectivity index (χ0) is 22.7. The molecule has 1 aliphatic heterocycles. The van der Waals surface area contributed by atoms with Crippen molar-refractivity contribution in [2.24, 2.45) is 0 Å². The highest BCUT2D eigenvalue weighted by molar-refractivity contribution is 7.89. The van der Waals surface area contributed by atoms with Crippen LogP contribution < -0.4 is 10.1 Å². The van der Waals surface area contributed by atoms with E-state index in [0.29, 0.717) is 24.8 Å². The van der Waals surface area contributed by atoms with Crippen molar-refractivity contribution >= 4 is 42.6 Å². The fraction of sp³-hybridized carbons (Fsp3) is 0.333. The van der Waals surface area contributed by atoms with E-state index >= 15 is 0 Å². The highest BCUT2D eigenvalue weighted by Gasteiger charge is 2.29. The molecule has 1 aliphatic rings. The number of thiazole rings is 1. The van der Waals surface area contributed by atoms with Crippen LogP contribution in [0.1, 0.15) is 6.92 Å². The Labute approximate surface area is 189 Å². The van der Waals surface area contributed by atoms with Gasteiger partial charge in [-0.15, -0.1) is 0 Å². The molecular formula is C21H23FN4O4S2. The van der Waals surface area contributed by atoms with Crippen molar-refractivity contribution < 1.29 is 22.3 Å². The fourth-order valence-corrected chi connectivity index (χ4v) is 5.85. The Balaban J connectivity index is 1.32. The second-order valence-electron chi connectivity index (χ2n) is 7.27. The Morgan fingerprint density at radius 1 is 1.19 bits per heavy atom. The predicted octanol–water partition coefficient (Wildman–Crippen LogP) is 2.78. The summed E-state index contributed by atoms with van der Waals surface area (Å²) in [6, 6.07) is 10.6. The van der Waals surface area contributed by atoms with Crippen LogP contribution in [0.2, 0.25) is 0 Å². The van der Waals surface area contributed by atoms with Gasteiger partial charge in [0.1, 0.15) is 11.6 Å². The third kappa shape index (κ3) is 5.07. The van der Waals surface area contributed by atoms with Crippen LogP contribution in [0.25, 0.3) is 10.2 Å². The quantitative estimate of drug-likeness (QED) is 0.562. The van der Waals surface area contributed by atoms with E-state index < -0.39 is 15.8 Å². The van der Waals surface area contributed by atoms with E-state index in [-0.39, 0.29) is 30.4 Å². The summed E-state index contributed by atoms with van der Waals surface area (Å²) < 4.78 is 46.6. The number of piperazine rings is 1. The van der Waals surface area contributed by atoms with Crippen molar-refractivity contribution in [1.82, 2.24) is 14.2 Å². The highest BCUT2D eigenvalue weighted by atomic mass is 32.2. The molecule has 1 N–H and O–H groups in total. The summed E-state index contributed by atoms with van der Waals surface area (Å²) in [5.74, 6) is -0.0477. The van der Waals surface area contributed by atoms with Crippen molar-refractivity contribution in [3.8, 4) is 5.75 Å². The first-order chi connectivity index (χ1) is 15.3. The summed E-state index contributed by atoms with van der Waals surface area (Å²) in [4.78, 5) is 18.7. The number of rotatable bonds is 7. The average Bonchev–Trinajstić information content (AvgIpc) is 3.15. The smallest absolute Gasteiger partial charge is 0.243 e. The van der Waals surface area contributed by atoms with Gasteiger partial charge in [-0.2, -0.15) is 4.31 Å². The van der Waals surface area contributed by atoms with Crippen LogP contribution in [-0.4, -0.2) is 67.8 Å². The molecule has 0 saturated carbocycles. The molecule has 170 valence electrons. The SMILES string of the molecule is CCOc1ccc2nc(NC(=O)CN3CCN(S(=O)(=O)c4cccc(F)c4)CC3)sc2c1. The van der Waals surface area contributed by atoms with Gasteiger partial charge in [-0.05, 0) is 43.3 Å². The standard InChI is InChI=1S/C21H23FN4O4S2/c1-2-30-16-6-7-18-19(13-16)31-21(23-18)24-20(27)14-25-8-10-26(11-9-25)32(28,29)17-5-3-4-15(22)12-17/h3-7,12-13H,2,8-11,14H2,1H3,(H,23,24,27). The predicted molar refractivity (Wildman–Crippen MR) is 121 cm³/mol. The van der Waals surface area contributed by atoms with E-state index in [2.05, 4.69) is 10.3 Å². The summed E-state index contributed by atoms with van der Waals surface area (Å²) in [5.41, 5.74) is 0.782. The fourth-order valence-electron chi connectivity index (χ4n) is 3.48. The van der Waals surface area contributed by atoms with E-state index in [9.17, 15) is 17.6 Å². The van der Waals surface area contributed by atoms with Gasteiger partial charge in [-0.25, -0.2) is 17.8 Å². The van der Waals surface area contributed by atoms with Gasteiger partial charge in [0, 0.05) is 26.2 Å². The highest BCUT2D eigenvalue weighted by Crippen LogP contribution is 2.29. The summed E-state index contributed by atoms with van der Waals surface area (Å²) in [6.07, 6.45) is 0. The minimum atomic E-state index is -3.76. The number of halogens is 1. The van der Waals surface area contributed by atoms with E-state index in [4.69, 9.17) is 4.74 Å². The normalized spacial score (nSPS) is 15.7. The van der Waals surface area contributed by atoms with Gasteiger partial charge in [-0.1, -0.05) is 17.4 Å². The van der Waals surface area contributed by atoms with Crippen LogP contribution in [0.3, 0.4) is 0 Å². The molecule has 2 heterocycles. The largest absolute Gasteiger partial charge is 0.494 e. The molecule has 1 saturated heterocycles. The molecule has 11 heteroatoms. The number of sulfonamides is 1. The van der Waals surface area contributed by atoms with Crippen LogP contribution in [0.4, 0.5) is 9.52 Å². The third-order valence-electron chi connectivity index (χ3n) is 5.05. The lowest BCUT2D eigenvalue weighted by atomic mass is 10.3. The molecule has 1 amide bonds. The average molecular weight is 479 g/mol. The molecule has 0 aliphatic carbocycles. The van der Waals surface area contributed by atoms with Crippen molar-refractivity contribution in [2.45, 2.75) is 11.8 Å². The topological polar surface area (TPSA) is 91.8 Å². The molecule has 3 aromatic rings. The number of nitrogens with one attached hydrogen (secondary N) is 1. The summed E-state index contributed by atoms with van der Waals surface area (Å²) in [5, 5.41) is 3.32. The molecule has 32 heavy (non-hydrogen) atoms. The maximum atomic E-state index is 13.4. The summed E-state index contributed by atoms with van der Waals surface area (Å²) in [6.45, 7) is 3.89. The molecule has 1 fully saturated rings. The number of nitrogens with zero attached hydrogens (tertiary/aromatic N) is 3. The first kappa shape index (κ1) is 22.6. The molecule has 4 rings (SSSR count). The molecule has 1 aromatic heterocycles. The second-order valence-corrected chi connectivity index (χ2v) is 10.2. The van der Waals surface area contributed by atoms with Gasteiger partial charge in [0.15, 0.2) is 5.13 Å². The van der Waals surface area contributed by atoms with Crippen LogP contribution >= 0.6 is 11.3 Å². The van der Waals surface area contributed by atoms with Gasteiger partial charge in [0.25, 0.3) is 0 Å². The van der Waals surface area contributed by atoms with Gasteiger partial charge in [-0.3, -0.25) is 9.69 Å². The summed E-state index contributed by atoms with van der Waals surface area (Å²) in [7, 11) is -3.76. The van der Waals surface area contributed by atoms with E-state index in [0.717, 1.165) is 22.0 Å². The number of carbonyl (C=O) groups excluding carboxylic acids is 1. The number of fused-ring (bicyclic) bond motifs is 1. The lowest BCUT2D eigenvalue weighted by molar-refractivity contribution is -0.117. The minimum Gasteiger partial charge on any atom is -0.494 e.